The zero-order valence-electron chi connectivity index (χ0n) is 11.0. The Hall–Kier alpha value is -1.10. The third-order valence-corrected chi connectivity index (χ3v) is 3.26. The van der Waals surface area contributed by atoms with Crippen molar-refractivity contribution in [2.45, 2.75) is 45.2 Å². The Morgan fingerprint density at radius 1 is 1.47 bits per heavy atom. The summed E-state index contributed by atoms with van der Waals surface area (Å²) >= 11 is 0. The lowest BCUT2D eigenvalue weighted by molar-refractivity contribution is -0.133. The van der Waals surface area contributed by atoms with E-state index in [1.807, 2.05) is 6.92 Å². The van der Waals surface area contributed by atoms with E-state index in [0.717, 1.165) is 13.0 Å². The normalized spacial score (nSPS) is 21.7. The van der Waals surface area contributed by atoms with E-state index in [1.165, 1.54) is 24.7 Å². The van der Waals surface area contributed by atoms with E-state index in [9.17, 15) is 9.59 Å². The predicted molar refractivity (Wildman–Crippen MR) is 66.6 cm³/mol. The summed E-state index contributed by atoms with van der Waals surface area (Å²) in [6, 6.07) is 0.471. The molecule has 0 aromatic heterocycles. The van der Waals surface area contributed by atoms with Crippen LogP contribution < -0.4 is 10.6 Å². The van der Waals surface area contributed by atoms with Crippen molar-refractivity contribution in [1.82, 2.24) is 15.5 Å². The molecule has 0 unspecified atom stereocenters. The monoisotopic (exact) mass is 241 g/mol. The fraction of sp³-hybridized carbons (Fsp3) is 0.833. The van der Waals surface area contributed by atoms with Crippen LogP contribution in [0.15, 0.2) is 0 Å². The van der Waals surface area contributed by atoms with Gasteiger partial charge in [0.25, 0.3) is 0 Å². The third-order valence-electron chi connectivity index (χ3n) is 3.26. The number of hydrogen-bond acceptors (Lipinski definition) is 3. The molecule has 2 atom stereocenters. The molecule has 1 rings (SSSR count). The van der Waals surface area contributed by atoms with E-state index < -0.39 is 0 Å². The van der Waals surface area contributed by atoms with Crippen molar-refractivity contribution in [3.8, 4) is 0 Å². The van der Waals surface area contributed by atoms with Crippen molar-refractivity contribution in [2.75, 3.05) is 20.1 Å². The van der Waals surface area contributed by atoms with Gasteiger partial charge in [-0.25, -0.2) is 0 Å². The smallest absolute Gasteiger partial charge is 0.239 e. The molecule has 17 heavy (non-hydrogen) atoms. The largest absolute Gasteiger partial charge is 0.351 e. The molecule has 1 fully saturated rings. The minimum absolute atomic E-state index is 0.0939. The molecule has 1 saturated heterocycles. The summed E-state index contributed by atoms with van der Waals surface area (Å²) in [6.07, 6.45) is 3.53. The molecule has 0 aromatic carbocycles. The first-order valence-electron chi connectivity index (χ1n) is 6.25. The first kappa shape index (κ1) is 14.0. The second-order valence-corrected chi connectivity index (χ2v) is 4.79. The highest BCUT2D eigenvalue weighted by molar-refractivity contribution is 5.83. The van der Waals surface area contributed by atoms with Crippen LogP contribution in [0.25, 0.3) is 0 Å². The SMILES string of the molecule is CC(=O)N(C)CC(=O)N[C@@H](C)[C@H]1CCCCN1. The van der Waals surface area contributed by atoms with Crippen molar-refractivity contribution in [3.05, 3.63) is 0 Å². The van der Waals surface area contributed by atoms with Gasteiger partial charge in [0, 0.05) is 26.1 Å². The molecule has 0 aliphatic carbocycles. The number of piperidine rings is 1. The molecule has 0 bridgehead atoms. The van der Waals surface area contributed by atoms with Crippen molar-refractivity contribution < 1.29 is 9.59 Å². The molecule has 2 amide bonds. The van der Waals surface area contributed by atoms with Crippen molar-refractivity contribution in [3.63, 3.8) is 0 Å². The van der Waals surface area contributed by atoms with Crippen LogP contribution in [0, 0.1) is 0 Å². The number of likely N-dealkylation sites (N-methyl/N-ethyl adjacent to an activating group) is 1. The first-order valence-corrected chi connectivity index (χ1v) is 6.25. The maximum Gasteiger partial charge on any atom is 0.239 e. The van der Waals surface area contributed by atoms with Gasteiger partial charge in [0.15, 0.2) is 0 Å². The summed E-state index contributed by atoms with van der Waals surface area (Å²) in [6.45, 7) is 4.62. The summed E-state index contributed by atoms with van der Waals surface area (Å²) in [5.41, 5.74) is 0. The van der Waals surface area contributed by atoms with Crippen molar-refractivity contribution in [1.29, 1.82) is 0 Å². The van der Waals surface area contributed by atoms with Crippen LogP contribution in [0.5, 0.6) is 0 Å². The average molecular weight is 241 g/mol. The molecule has 1 aliphatic heterocycles. The molecule has 1 aliphatic rings. The molecule has 1 heterocycles. The molecule has 5 nitrogen and oxygen atoms in total. The number of carbonyl (C=O) groups is 2. The lowest BCUT2D eigenvalue weighted by atomic mass is 9.99. The van der Waals surface area contributed by atoms with E-state index in [-0.39, 0.29) is 24.4 Å². The molecule has 0 radical (unpaired) electrons. The maximum atomic E-state index is 11.7. The van der Waals surface area contributed by atoms with E-state index in [1.54, 1.807) is 7.05 Å². The Balaban J connectivity index is 2.31. The summed E-state index contributed by atoms with van der Waals surface area (Å²) in [5, 5.41) is 6.35. The van der Waals surface area contributed by atoms with E-state index >= 15 is 0 Å². The Morgan fingerprint density at radius 3 is 2.71 bits per heavy atom. The number of nitrogens with one attached hydrogen (secondary N) is 2. The molecule has 0 aromatic rings. The Morgan fingerprint density at radius 2 is 2.18 bits per heavy atom. The van der Waals surface area contributed by atoms with Gasteiger partial charge in [-0.1, -0.05) is 6.42 Å². The fourth-order valence-electron chi connectivity index (χ4n) is 2.03. The van der Waals surface area contributed by atoms with E-state index in [4.69, 9.17) is 0 Å². The molecular weight excluding hydrogens is 218 g/mol. The van der Waals surface area contributed by atoms with Crippen LogP contribution in [0.3, 0.4) is 0 Å². The summed E-state index contributed by atoms with van der Waals surface area (Å²) < 4.78 is 0. The molecule has 2 N–H and O–H groups in total. The van der Waals surface area contributed by atoms with Gasteiger partial charge < -0.3 is 15.5 Å². The van der Waals surface area contributed by atoms with Crippen molar-refractivity contribution in [2.24, 2.45) is 0 Å². The lowest BCUT2D eigenvalue weighted by Gasteiger charge is -2.30. The topological polar surface area (TPSA) is 61.4 Å². The second kappa shape index (κ2) is 6.59. The highest BCUT2D eigenvalue weighted by atomic mass is 16.2. The number of hydrogen-bond donors (Lipinski definition) is 2. The van der Waals surface area contributed by atoms with Crippen LogP contribution >= 0.6 is 0 Å². The average Bonchev–Trinajstić information content (AvgIpc) is 2.29. The van der Waals surface area contributed by atoms with Gasteiger partial charge in [-0.15, -0.1) is 0 Å². The number of rotatable bonds is 4. The zero-order chi connectivity index (χ0) is 12.8. The third kappa shape index (κ3) is 4.73. The Labute approximate surface area is 103 Å². The second-order valence-electron chi connectivity index (χ2n) is 4.79. The van der Waals surface area contributed by atoms with Gasteiger partial charge in [0.1, 0.15) is 0 Å². The summed E-state index contributed by atoms with van der Waals surface area (Å²) in [4.78, 5) is 24.1. The molecule has 5 heteroatoms. The van der Waals surface area contributed by atoms with Gasteiger partial charge in [0.05, 0.1) is 6.54 Å². The fourth-order valence-corrected chi connectivity index (χ4v) is 2.03. The zero-order valence-corrected chi connectivity index (χ0v) is 11.0. The number of carbonyl (C=O) groups excluding carboxylic acids is 2. The van der Waals surface area contributed by atoms with E-state index in [2.05, 4.69) is 10.6 Å². The summed E-state index contributed by atoms with van der Waals surface area (Å²) in [7, 11) is 1.63. The summed E-state index contributed by atoms with van der Waals surface area (Å²) in [5.74, 6) is -0.189. The van der Waals surface area contributed by atoms with Crippen LogP contribution in [0.2, 0.25) is 0 Å². The number of nitrogens with zero attached hydrogens (tertiary/aromatic N) is 1. The first-order chi connectivity index (χ1) is 8.00. The van der Waals surface area contributed by atoms with Crippen LogP contribution in [0.4, 0.5) is 0 Å². The minimum atomic E-state index is -0.0948. The molecule has 98 valence electrons. The van der Waals surface area contributed by atoms with Gasteiger partial charge in [-0.05, 0) is 26.3 Å². The van der Waals surface area contributed by atoms with Crippen molar-refractivity contribution >= 4 is 11.8 Å². The minimum Gasteiger partial charge on any atom is -0.351 e. The lowest BCUT2D eigenvalue weighted by Crippen LogP contribution is -2.52. The molecule has 0 saturated carbocycles. The molecular formula is C12H23N3O2. The van der Waals surface area contributed by atoms with Crippen LogP contribution in [-0.4, -0.2) is 48.9 Å². The Bertz CT molecular complexity index is 275. The highest BCUT2D eigenvalue weighted by Crippen LogP contribution is 2.10. The standard InChI is InChI=1S/C12H23N3O2/c1-9(11-6-4-5-7-13-11)14-12(17)8-15(3)10(2)16/h9,11,13H,4-8H2,1-3H3,(H,14,17)/t9-,11+/m0/s1. The van der Waals surface area contributed by atoms with Gasteiger partial charge in [-0.3, -0.25) is 9.59 Å². The quantitative estimate of drug-likeness (QED) is 0.734. The van der Waals surface area contributed by atoms with Crippen LogP contribution in [0.1, 0.15) is 33.1 Å². The molecule has 0 spiro atoms. The van der Waals surface area contributed by atoms with Gasteiger partial charge >= 0.3 is 0 Å². The van der Waals surface area contributed by atoms with Gasteiger partial charge in [-0.2, -0.15) is 0 Å². The van der Waals surface area contributed by atoms with Crippen LogP contribution in [-0.2, 0) is 9.59 Å². The highest BCUT2D eigenvalue weighted by Gasteiger charge is 2.21. The van der Waals surface area contributed by atoms with E-state index in [0.29, 0.717) is 6.04 Å². The predicted octanol–water partition coefficient (Wildman–Crippen LogP) is 0.112. The maximum absolute atomic E-state index is 11.7. The Kier molecular flexibility index (Phi) is 5.41. The number of amides is 2. The van der Waals surface area contributed by atoms with Gasteiger partial charge in [0.2, 0.25) is 11.8 Å².